The van der Waals surface area contributed by atoms with Gasteiger partial charge >= 0.3 is 0 Å². The third kappa shape index (κ3) is 2.59. The van der Waals surface area contributed by atoms with Crippen LogP contribution in [0, 0.1) is 0 Å². The molecule has 0 fully saturated rings. The molecule has 1 aromatic carbocycles. The van der Waals surface area contributed by atoms with Crippen LogP contribution in [0.1, 0.15) is 6.42 Å². The van der Waals surface area contributed by atoms with Crippen LogP contribution in [0.4, 0.5) is 5.69 Å². The Hall–Kier alpha value is -2.41. The number of para-hydroxylation sites is 1. The van der Waals surface area contributed by atoms with Crippen molar-refractivity contribution in [1.29, 1.82) is 0 Å². The smallest absolute Gasteiger partial charge is 0.277 e. The number of hydrogen-bond acceptors (Lipinski definition) is 4. The standard InChI is InChI=1S/C14H13N3O3S/c18-14-13(11-8-4-5-9-12(11)15-14)16-17-21(19,20)10-6-2-1-3-7-10/h1-6,8-10,15,18H,7H2/t10-/m1/s1. The number of aromatic hydroxyl groups is 1. The Balaban J connectivity index is 1.96. The molecule has 2 N–H and O–H groups in total. The quantitative estimate of drug-likeness (QED) is 0.852. The van der Waals surface area contributed by atoms with E-state index in [4.69, 9.17) is 0 Å². The number of nitrogens with zero attached hydrogens (tertiary/aromatic N) is 2. The summed E-state index contributed by atoms with van der Waals surface area (Å²) in [6.07, 6.45) is 7.17. The van der Waals surface area contributed by atoms with Gasteiger partial charge in [0, 0.05) is 5.39 Å². The summed E-state index contributed by atoms with van der Waals surface area (Å²) >= 11 is 0. The number of sulfonamides is 1. The summed E-state index contributed by atoms with van der Waals surface area (Å²) in [6.45, 7) is 0. The molecule has 0 unspecified atom stereocenters. The van der Waals surface area contributed by atoms with Crippen LogP contribution in [0.3, 0.4) is 0 Å². The molecule has 7 heteroatoms. The molecule has 0 radical (unpaired) electrons. The van der Waals surface area contributed by atoms with E-state index < -0.39 is 15.3 Å². The highest BCUT2D eigenvalue weighted by Crippen LogP contribution is 2.35. The molecule has 0 spiro atoms. The second-order valence-corrected chi connectivity index (χ2v) is 6.45. The van der Waals surface area contributed by atoms with Gasteiger partial charge in [-0.05, 0) is 12.5 Å². The molecule has 108 valence electrons. The molecule has 1 aromatic heterocycles. The van der Waals surface area contributed by atoms with Crippen LogP contribution in [0.25, 0.3) is 10.9 Å². The van der Waals surface area contributed by atoms with Gasteiger partial charge in [-0.1, -0.05) is 47.0 Å². The normalized spacial score (nSPS) is 18.8. The molecule has 1 atom stereocenters. The number of allylic oxidation sites excluding steroid dienone is 3. The monoisotopic (exact) mass is 303 g/mol. The van der Waals surface area contributed by atoms with Gasteiger partial charge < -0.3 is 10.1 Å². The molecular formula is C14H13N3O3S. The third-order valence-electron chi connectivity index (χ3n) is 3.24. The van der Waals surface area contributed by atoms with E-state index in [1.165, 1.54) is 0 Å². The van der Waals surface area contributed by atoms with Gasteiger partial charge in [-0.2, -0.15) is 0 Å². The average molecular weight is 303 g/mol. The van der Waals surface area contributed by atoms with Gasteiger partial charge in [0.1, 0.15) is 5.25 Å². The first-order valence-electron chi connectivity index (χ1n) is 6.38. The Morgan fingerprint density at radius 2 is 2.05 bits per heavy atom. The molecule has 0 amide bonds. The van der Waals surface area contributed by atoms with Crippen molar-refractivity contribution in [3.63, 3.8) is 0 Å². The van der Waals surface area contributed by atoms with Gasteiger partial charge in [-0.3, -0.25) is 0 Å². The first-order valence-corrected chi connectivity index (χ1v) is 7.88. The second-order valence-electron chi connectivity index (χ2n) is 4.65. The van der Waals surface area contributed by atoms with Gasteiger partial charge in [-0.25, -0.2) is 8.42 Å². The molecule has 0 aliphatic heterocycles. The van der Waals surface area contributed by atoms with E-state index >= 15 is 0 Å². The molecular weight excluding hydrogens is 290 g/mol. The minimum absolute atomic E-state index is 0.129. The van der Waals surface area contributed by atoms with Crippen LogP contribution in [-0.4, -0.2) is 23.8 Å². The summed E-state index contributed by atoms with van der Waals surface area (Å²) in [7, 11) is -3.75. The Morgan fingerprint density at radius 3 is 2.81 bits per heavy atom. The Kier molecular flexibility index (Phi) is 3.34. The van der Waals surface area contributed by atoms with Crippen molar-refractivity contribution < 1.29 is 13.5 Å². The maximum atomic E-state index is 12.1. The predicted octanol–water partition coefficient (Wildman–Crippen LogP) is 3.17. The Bertz CT molecular complexity index is 863. The fraction of sp³-hybridized carbons (Fsp3) is 0.143. The van der Waals surface area contributed by atoms with E-state index in [1.807, 2.05) is 0 Å². The van der Waals surface area contributed by atoms with E-state index in [0.717, 1.165) is 0 Å². The summed E-state index contributed by atoms with van der Waals surface area (Å²) < 4.78 is 27.6. The van der Waals surface area contributed by atoms with E-state index in [0.29, 0.717) is 17.3 Å². The Labute approximate surface area is 121 Å². The van der Waals surface area contributed by atoms with Gasteiger partial charge in [0.15, 0.2) is 5.69 Å². The van der Waals surface area contributed by atoms with E-state index in [9.17, 15) is 13.5 Å². The summed E-state index contributed by atoms with van der Waals surface area (Å²) in [4.78, 5) is 2.72. The van der Waals surface area contributed by atoms with Gasteiger partial charge in [0.2, 0.25) is 5.88 Å². The molecule has 0 saturated heterocycles. The number of nitrogens with one attached hydrogen (secondary N) is 1. The molecule has 1 heterocycles. The Morgan fingerprint density at radius 1 is 1.24 bits per heavy atom. The first-order chi connectivity index (χ1) is 10.1. The summed E-state index contributed by atoms with van der Waals surface area (Å²) in [5.41, 5.74) is 0.798. The highest BCUT2D eigenvalue weighted by Gasteiger charge is 2.23. The number of aromatic nitrogens is 1. The fourth-order valence-corrected chi connectivity index (χ4v) is 3.11. The minimum Gasteiger partial charge on any atom is -0.493 e. The van der Waals surface area contributed by atoms with E-state index in [2.05, 4.69) is 14.6 Å². The molecule has 1 aliphatic rings. The molecule has 3 rings (SSSR count). The van der Waals surface area contributed by atoms with Crippen molar-refractivity contribution in [2.24, 2.45) is 9.63 Å². The van der Waals surface area contributed by atoms with Gasteiger partial charge in [0.05, 0.1) is 5.52 Å². The van der Waals surface area contributed by atoms with Crippen LogP contribution >= 0.6 is 0 Å². The zero-order valence-electron chi connectivity index (χ0n) is 11.0. The highest BCUT2D eigenvalue weighted by molar-refractivity contribution is 7.90. The van der Waals surface area contributed by atoms with Crippen molar-refractivity contribution in [1.82, 2.24) is 4.98 Å². The lowest BCUT2D eigenvalue weighted by molar-refractivity contribution is 0.459. The van der Waals surface area contributed by atoms with Gasteiger partial charge in [-0.15, -0.1) is 5.11 Å². The predicted molar refractivity (Wildman–Crippen MR) is 80.1 cm³/mol. The number of hydrogen-bond donors (Lipinski definition) is 2. The fourth-order valence-electron chi connectivity index (χ4n) is 2.15. The zero-order chi connectivity index (χ0) is 14.9. The van der Waals surface area contributed by atoms with Crippen LogP contribution in [0.15, 0.2) is 58.2 Å². The van der Waals surface area contributed by atoms with E-state index in [-0.39, 0.29) is 11.6 Å². The number of H-pyrrole nitrogens is 1. The van der Waals surface area contributed by atoms with Crippen molar-refractivity contribution in [2.45, 2.75) is 11.7 Å². The second kappa shape index (κ2) is 5.17. The zero-order valence-corrected chi connectivity index (χ0v) is 11.8. The number of benzene rings is 1. The minimum atomic E-state index is -3.75. The maximum absolute atomic E-state index is 12.1. The van der Waals surface area contributed by atoms with Crippen LogP contribution in [0.2, 0.25) is 0 Å². The lowest BCUT2D eigenvalue weighted by atomic mass is 10.2. The molecule has 0 saturated carbocycles. The van der Waals surface area contributed by atoms with Gasteiger partial charge in [0.25, 0.3) is 10.0 Å². The average Bonchev–Trinajstić information content (AvgIpc) is 2.81. The summed E-state index contributed by atoms with van der Waals surface area (Å²) in [6, 6.07) is 7.07. The van der Waals surface area contributed by atoms with Crippen molar-refractivity contribution >= 4 is 26.6 Å². The highest BCUT2D eigenvalue weighted by atomic mass is 32.2. The van der Waals surface area contributed by atoms with Crippen LogP contribution in [0.5, 0.6) is 5.88 Å². The topological polar surface area (TPSA) is 94.9 Å². The van der Waals surface area contributed by atoms with Crippen molar-refractivity contribution in [2.75, 3.05) is 0 Å². The van der Waals surface area contributed by atoms with E-state index in [1.54, 1.807) is 48.6 Å². The number of aromatic amines is 1. The van der Waals surface area contributed by atoms with Crippen molar-refractivity contribution in [3.05, 3.63) is 48.6 Å². The lowest BCUT2D eigenvalue weighted by Gasteiger charge is -2.08. The van der Waals surface area contributed by atoms with Crippen molar-refractivity contribution in [3.8, 4) is 5.88 Å². The summed E-state index contributed by atoms with van der Waals surface area (Å²) in [5.74, 6) is -0.200. The van der Waals surface area contributed by atoms with Crippen LogP contribution in [-0.2, 0) is 10.0 Å². The molecule has 2 aromatic rings. The number of fused-ring (bicyclic) bond motifs is 1. The molecule has 0 bridgehead atoms. The first kappa shape index (κ1) is 13.6. The summed E-state index contributed by atoms with van der Waals surface area (Å²) in [5, 5.41) is 13.5. The van der Waals surface area contributed by atoms with Crippen LogP contribution < -0.4 is 0 Å². The molecule has 6 nitrogen and oxygen atoms in total. The maximum Gasteiger partial charge on any atom is 0.277 e. The molecule has 1 aliphatic carbocycles. The SMILES string of the molecule is O=S(=O)(N=Nc1c(O)[nH]c2ccccc12)[C@@H]1C=CC=CC1. The largest absolute Gasteiger partial charge is 0.493 e. The molecule has 21 heavy (non-hydrogen) atoms. The number of rotatable bonds is 3. The lowest BCUT2D eigenvalue weighted by Crippen LogP contribution is -2.16. The third-order valence-corrected chi connectivity index (χ3v) is 4.66.